The number of carbonyl (C=O) groups is 1. The second-order valence-corrected chi connectivity index (χ2v) is 7.91. The predicted molar refractivity (Wildman–Crippen MR) is 95.2 cm³/mol. The highest BCUT2D eigenvalue weighted by atomic mass is 127. The Morgan fingerprint density at radius 1 is 0.958 bits per heavy atom. The topological polar surface area (TPSA) is 26.3 Å². The second kappa shape index (κ2) is 11.0. The SMILES string of the molecule is CC[N+](CC)(CC(C)OC(=O)C1CCCCC1)C1CCCCC1.[I-]. The molecule has 2 aliphatic carbocycles. The molecule has 142 valence electrons. The summed E-state index contributed by atoms with van der Waals surface area (Å²) in [4.78, 5) is 12.4. The van der Waals surface area contributed by atoms with Gasteiger partial charge in [0.15, 0.2) is 0 Å². The lowest BCUT2D eigenvalue weighted by Crippen LogP contribution is -3.00. The van der Waals surface area contributed by atoms with Crippen LogP contribution in [0.1, 0.15) is 85.0 Å². The van der Waals surface area contributed by atoms with E-state index >= 15 is 0 Å². The molecule has 0 aromatic rings. The molecule has 2 aliphatic rings. The van der Waals surface area contributed by atoms with E-state index in [4.69, 9.17) is 4.74 Å². The fourth-order valence-electron chi connectivity index (χ4n) is 4.96. The summed E-state index contributed by atoms with van der Waals surface area (Å²) in [5.74, 6) is 0.247. The zero-order chi connectivity index (χ0) is 16.7. The molecule has 2 saturated carbocycles. The van der Waals surface area contributed by atoms with E-state index in [0.717, 1.165) is 43.0 Å². The molecule has 0 aromatic heterocycles. The van der Waals surface area contributed by atoms with E-state index in [1.165, 1.54) is 51.4 Å². The highest BCUT2D eigenvalue weighted by molar-refractivity contribution is 5.72. The van der Waals surface area contributed by atoms with Crippen LogP contribution in [0.25, 0.3) is 0 Å². The third-order valence-electron chi connectivity index (χ3n) is 6.49. The van der Waals surface area contributed by atoms with E-state index in [9.17, 15) is 4.79 Å². The van der Waals surface area contributed by atoms with Crippen molar-refractivity contribution in [3.63, 3.8) is 0 Å². The van der Waals surface area contributed by atoms with E-state index < -0.39 is 0 Å². The van der Waals surface area contributed by atoms with Crippen LogP contribution in [0.5, 0.6) is 0 Å². The van der Waals surface area contributed by atoms with Crippen molar-refractivity contribution in [2.75, 3.05) is 19.6 Å². The molecule has 4 heteroatoms. The van der Waals surface area contributed by atoms with Crippen molar-refractivity contribution in [1.29, 1.82) is 0 Å². The van der Waals surface area contributed by atoms with Gasteiger partial charge < -0.3 is 33.2 Å². The Labute approximate surface area is 166 Å². The van der Waals surface area contributed by atoms with E-state index in [2.05, 4.69) is 20.8 Å². The maximum Gasteiger partial charge on any atom is 0.309 e. The molecular formula is C20H38INO2. The van der Waals surface area contributed by atoms with E-state index in [0.29, 0.717) is 0 Å². The minimum absolute atomic E-state index is 0. The van der Waals surface area contributed by atoms with Crippen molar-refractivity contribution < 1.29 is 38.0 Å². The summed E-state index contributed by atoms with van der Waals surface area (Å²) in [5, 5.41) is 0. The number of esters is 1. The Morgan fingerprint density at radius 2 is 1.46 bits per heavy atom. The Morgan fingerprint density at radius 3 is 1.96 bits per heavy atom. The summed E-state index contributed by atoms with van der Waals surface area (Å²) < 4.78 is 7.02. The molecular weight excluding hydrogens is 413 g/mol. The summed E-state index contributed by atoms with van der Waals surface area (Å²) in [6, 6.07) is 0.773. The highest BCUT2D eigenvalue weighted by Gasteiger charge is 2.37. The Hall–Kier alpha value is 0.160. The van der Waals surface area contributed by atoms with Gasteiger partial charge in [-0.3, -0.25) is 4.79 Å². The number of halogens is 1. The molecule has 2 rings (SSSR count). The molecule has 0 bridgehead atoms. The fraction of sp³-hybridized carbons (Fsp3) is 0.950. The molecule has 0 N–H and O–H groups in total. The number of rotatable bonds is 7. The summed E-state index contributed by atoms with van der Waals surface area (Å²) in [6.07, 6.45) is 12.7. The van der Waals surface area contributed by atoms with Gasteiger partial charge in [-0.25, -0.2) is 0 Å². The molecule has 2 fully saturated rings. The van der Waals surface area contributed by atoms with Gasteiger partial charge in [-0.15, -0.1) is 0 Å². The van der Waals surface area contributed by atoms with Crippen LogP contribution < -0.4 is 24.0 Å². The summed E-state index contributed by atoms with van der Waals surface area (Å²) in [5.41, 5.74) is 0. The Balaban J connectivity index is 0.00000288. The lowest BCUT2D eigenvalue weighted by Gasteiger charge is -2.46. The molecule has 1 unspecified atom stereocenters. The highest BCUT2D eigenvalue weighted by Crippen LogP contribution is 2.30. The Bertz CT molecular complexity index is 359. The van der Waals surface area contributed by atoms with Gasteiger partial charge in [0.05, 0.1) is 25.0 Å². The monoisotopic (exact) mass is 451 g/mol. The first-order valence-electron chi connectivity index (χ1n) is 10.2. The lowest BCUT2D eigenvalue weighted by atomic mass is 9.89. The smallest absolute Gasteiger partial charge is 0.309 e. The van der Waals surface area contributed by atoms with Gasteiger partial charge in [0, 0.05) is 0 Å². The number of hydrogen-bond acceptors (Lipinski definition) is 2. The van der Waals surface area contributed by atoms with Crippen molar-refractivity contribution in [2.24, 2.45) is 5.92 Å². The van der Waals surface area contributed by atoms with Crippen LogP contribution in [0.3, 0.4) is 0 Å². The third kappa shape index (κ3) is 5.86. The van der Waals surface area contributed by atoms with Gasteiger partial charge in [0.1, 0.15) is 12.6 Å². The van der Waals surface area contributed by atoms with Crippen LogP contribution in [0.4, 0.5) is 0 Å². The zero-order valence-corrected chi connectivity index (χ0v) is 18.2. The first-order chi connectivity index (χ1) is 11.1. The average molecular weight is 451 g/mol. The number of quaternary nitrogens is 1. The zero-order valence-electron chi connectivity index (χ0n) is 16.1. The number of hydrogen-bond donors (Lipinski definition) is 0. The van der Waals surface area contributed by atoms with Crippen LogP contribution >= 0.6 is 0 Å². The normalized spacial score (nSPS) is 21.8. The predicted octanol–water partition coefficient (Wildman–Crippen LogP) is 1.69. The number of likely N-dealkylation sites (N-methyl/N-ethyl adjacent to an activating group) is 1. The Kier molecular flexibility index (Phi) is 10.2. The summed E-state index contributed by atoms with van der Waals surface area (Å²) in [7, 11) is 0. The van der Waals surface area contributed by atoms with Gasteiger partial charge in [-0.2, -0.15) is 0 Å². The maximum atomic E-state index is 12.4. The largest absolute Gasteiger partial charge is 1.00 e. The lowest BCUT2D eigenvalue weighted by molar-refractivity contribution is -0.951. The van der Waals surface area contributed by atoms with Gasteiger partial charge in [0.25, 0.3) is 0 Å². The molecule has 1 atom stereocenters. The summed E-state index contributed by atoms with van der Waals surface area (Å²) in [6.45, 7) is 10.1. The van der Waals surface area contributed by atoms with Crippen molar-refractivity contribution in [2.45, 2.75) is 97.1 Å². The number of ether oxygens (including phenoxy) is 1. The fourth-order valence-corrected chi connectivity index (χ4v) is 4.96. The van der Waals surface area contributed by atoms with Crippen molar-refractivity contribution >= 4 is 5.97 Å². The first-order valence-corrected chi connectivity index (χ1v) is 10.2. The van der Waals surface area contributed by atoms with Gasteiger partial charge in [-0.1, -0.05) is 25.7 Å². The van der Waals surface area contributed by atoms with Crippen molar-refractivity contribution in [3.05, 3.63) is 0 Å². The molecule has 0 amide bonds. The van der Waals surface area contributed by atoms with Gasteiger partial charge >= 0.3 is 5.97 Å². The molecule has 0 saturated heterocycles. The first kappa shape index (κ1) is 22.2. The molecule has 0 aromatic carbocycles. The van der Waals surface area contributed by atoms with Crippen LogP contribution in [0.2, 0.25) is 0 Å². The van der Waals surface area contributed by atoms with Gasteiger partial charge in [0.2, 0.25) is 0 Å². The van der Waals surface area contributed by atoms with Crippen molar-refractivity contribution in [1.82, 2.24) is 0 Å². The standard InChI is InChI=1S/C20H38NO2.HI/c1-4-21(5-2,19-14-10-7-11-15-19)16-17(3)23-20(22)18-12-8-6-9-13-18;/h17-19H,4-16H2,1-3H3;1H/q+1;/p-1. The van der Waals surface area contributed by atoms with Crippen molar-refractivity contribution in [3.8, 4) is 0 Å². The molecule has 3 nitrogen and oxygen atoms in total. The van der Waals surface area contributed by atoms with Crippen LogP contribution in [-0.4, -0.2) is 42.2 Å². The minimum Gasteiger partial charge on any atom is -1.00 e. The number of carbonyl (C=O) groups excluding carboxylic acids is 1. The second-order valence-electron chi connectivity index (χ2n) is 7.91. The van der Waals surface area contributed by atoms with E-state index in [1.807, 2.05) is 0 Å². The molecule has 24 heavy (non-hydrogen) atoms. The minimum atomic E-state index is 0. The van der Waals surface area contributed by atoms with Crippen LogP contribution in [-0.2, 0) is 9.53 Å². The maximum absolute atomic E-state index is 12.4. The van der Waals surface area contributed by atoms with E-state index in [1.54, 1.807) is 0 Å². The average Bonchev–Trinajstić information content (AvgIpc) is 2.61. The molecule has 0 spiro atoms. The summed E-state index contributed by atoms with van der Waals surface area (Å²) >= 11 is 0. The number of nitrogens with zero attached hydrogens (tertiary/aromatic N) is 1. The quantitative estimate of drug-likeness (QED) is 0.335. The molecule has 0 heterocycles. The van der Waals surface area contributed by atoms with Crippen LogP contribution in [0.15, 0.2) is 0 Å². The van der Waals surface area contributed by atoms with E-state index in [-0.39, 0.29) is 42.0 Å². The third-order valence-corrected chi connectivity index (χ3v) is 6.49. The molecule has 0 radical (unpaired) electrons. The van der Waals surface area contributed by atoms with Crippen LogP contribution in [0, 0.1) is 5.92 Å². The van der Waals surface area contributed by atoms with Gasteiger partial charge in [-0.05, 0) is 59.3 Å². The molecule has 0 aliphatic heterocycles.